The summed E-state index contributed by atoms with van der Waals surface area (Å²) in [5, 5.41) is 0. The van der Waals surface area contributed by atoms with Gasteiger partial charge in [0.05, 0.1) is 18.6 Å². The molecule has 3 aromatic carbocycles. The number of ether oxygens (including phenoxy) is 1. The van der Waals surface area contributed by atoms with Crippen molar-refractivity contribution in [1.82, 2.24) is 4.90 Å². The summed E-state index contributed by atoms with van der Waals surface area (Å²) < 4.78 is 6.02. The Morgan fingerprint density at radius 3 is 2.04 bits per heavy atom. The summed E-state index contributed by atoms with van der Waals surface area (Å²) in [6.07, 6.45) is 0.867. The van der Waals surface area contributed by atoms with Crippen LogP contribution in [0.2, 0.25) is 0 Å². The third-order valence-corrected chi connectivity index (χ3v) is 5.41. The molecule has 0 bridgehead atoms. The van der Waals surface area contributed by atoms with Crippen LogP contribution >= 0.6 is 0 Å². The van der Waals surface area contributed by atoms with Crippen molar-refractivity contribution in [2.24, 2.45) is 0 Å². The normalized spacial score (nSPS) is 15.9. The van der Waals surface area contributed by atoms with E-state index < -0.39 is 0 Å². The van der Waals surface area contributed by atoms with Gasteiger partial charge in [0.1, 0.15) is 0 Å². The number of rotatable bonds is 5. The molecule has 1 aliphatic heterocycles. The van der Waals surface area contributed by atoms with E-state index in [-0.39, 0.29) is 17.9 Å². The van der Waals surface area contributed by atoms with Crippen LogP contribution in [-0.2, 0) is 22.6 Å². The smallest absolute Gasteiger partial charge is 0.234 e. The second kappa shape index (κ2) is 8.41. The summed E-state index contributed by atoms with van der Waals surface area (Å²) in [5.41, 5.74) is 4.60. The Labute approximate surface area is 166 Å². The molecule has 3 heteroatoms. The minimum absolute atomic E-state index is 0.0241. The molecule has 0 aromatic heterocycles. The zero-order chi connectivity index (χ0) is 19.3. The molecule has 0 spiro atoms. The summed E-state index contributed by atoms with van der Waals surface area (Å²) in [5.74, 6) is -0.205. The summed E-state index contributed by atoms with van der Waals surface area (Å²) in [7, 11) is 1.88. The van der Waals surface area contributed by atoms with Gasteiger partial charge in [0.15, 0.2) is 0 Å². The fourth-order valence-electron chi connectivity index (χ4n) is 3.91. The molecule has 1 aliphatic rings. The number of hydrogen-bond acceptors (Lipinski definition) is 2. The first-order chi connectivity index (χ1) is 13.7. The predicted molar refractivity (Wildman–Crippen MR) is 111 cm³/mol. The van der Waals surface area contributed by atoms with E-state index in [1.54, 1.807) is 0 Å². The second-order valence-electron chi connectivity index (χ2n) is 7.38. The maximum atomic E-state index is 13.4. The van der Waals surface area contributed by atoms with Gasteiger partial charge in [0.2, 0.25) is 5.91 Å². The minimum atomic E-state index is -0.303. The highest BCUT2D eigenvalue weighted by molar-refractivity contribution is 5.87. The summed E-state index contributed by atoms with van der Waals surface area (Å²) in [6.45, 7) is 1.20. The average Bonchev–Trinajstić information content (AvgIpc) is 2.75. The van der Waals surface area contributed by atoms with Crippen molar-refractivity contribution in [1.29, 1.82) is 0 Å². The number of nitrogens with zero attached hydrogens (tertiary/aromatic N) is 1. The third kappa shape index (κ3) is 4.00. The Morgan fingerprint density at radius 1 is 0.893 bits per heavy atom. The first kappa shape index (κ1) is 18.5. The second-order valence-corrected chi connectivity index (χ2v) is 7.38. The van der Waals surface area contributed by atoms with Crippen LogP contribution in [0, 0.1) is 0 Å². The number of hydrogen-bond donors (Lipinski definition) is 0. The molecule has 1 amide bonds. The predicted octanol–water partition coefficient (Wildman–Crippen LogP) is 4.42. The van der Waals surface area contributed by atoms with Crippen molar-refractivity contribution in [2.75, 3.05) is 13.6 Å². The van der Waals surface area contributed by atoms with Crippen molar-refractivity contribution in [3.63, 3.8) is 0 Å². The van der Waals surface area contributed by atoms with E-state index in [9.17, 15) is 4.79 Å². The fraction of sp³-hybridized carbons (Fsp3) is 0.240. The maximum absolute atomic E-state index is 13.4. The molecular formula is C25H25NO2. The van der Waals surface area contributed by atoms with Crippen LogP contribution in [0.5, 0.6) is 0 Å². The Balaban J connectivity index is 1.52. The molecule has 4 rings (SSSR count). The van der Waals surface area contributed by atoms with Crippen molar-refractivity contribution < 1.29 is 9.53 Å². The van der Waals surface area contributed by atoms with Gasteiger partial charge in [-0.25, -0.2) is 0 Å². The molecule has 1 atom stereocenters. The van der Waals surface area contributed by atoms with Gasteiger partial charge in [-0.05, 0) is 22.3 Å². The highest BCUT2D eigenvalue weighted by Crippen LogP contribution is 2.27. The van der Waals surface area contributed by atoms with Gasteiger partial charge in [-0.2, -0.15) is 0 Å². The standard InChI is InChI=1S/C25H25NO2/c1-26(17-23-16-21-14-8-9-15-22(21)18-28-23)25(27)24(19-10-4-2-5-11-19)20-12-6-3-7-13-20/h2-15,23-24H,16-18H2,1H3. The quantitative estimate of drug-likeness (QED) is 0.664. The van der Waals surface area contributed by atoms with E-state index in [1.165, 1.54) is 11.1 Å². The molecule has 0 radical (unpaired) electrons. The number of carbonyl (C=O) groups excluding carboxylic acids is 1. The highest BCUT2D eigenvalue weighted by Gasteiger charge is 2.28. The van der Waals surface area contributed by atoms with E-state index >= 15 is 0 Å². The molecule has 3 aromatic rings. The zero-order valence-corrected chi connectivity index (χ0v) is 16.1. The molecule has 0 aliphatic carbocycles. The van der Waals surface area contributed by atoms with Crippen molar-refractivity contribution >= 4 is 5.91 Å². The lowest BCUT2D eigenvalue weighted by Gasteiger charge is -2.31. The Kier molecular flexibility index (Phi) is 5.54. The fourth-order valence-corrected chi connectivity index (χ4v) is 3.91. The van der Waals surface area contributed by atoms with Gasteiger partial charge in [0, 0.05) is 20.0 Å². The van der Waals surface area contributed by atoms with Crippen LogP contribution in [0.25, 0.3) is 0 Å². The monoisotopic (exact) mass is 371 g/mol. The number of carbonyl (C=O) groups is 1. The van der Waals surface area contributed by atoms with E-state index in [0.717, 1.165) is 17.5 Å². The van der Waals surface area contributed by atoms with E-state index in [0.29, 0.717) is 13.2 Å². The number of benzene rings is 3. The summed E-state index contributed by atoms with van der Waals surface area (Å²) in [6, 6.07) is 28.4. The van der Waals surface area contributed by atoms with Crippen LogP contribution < -0.4 is 0 Å². The van der Waals surface area contributed by atoms with Gasteiger partial charge in [0.25, 0.3) is 0 Å². The van der Waals surface area contributed by atoms with Gasteiger partial charge in [-0.1, -0.05) is 84.9 Å². The Bertz CT molecular complexity index is 884. The lowest BCUT2D eigenvalue weighted by atomic mass is 9.90. The Hall–Kier alpha value is -2.91. The lowest BCUT2D eigenvalue weighted by molar-refractivity contribution is -0.132. The van der Waals surface area contributed by atoms with Gasteiger partial charge in [-0.3, -0.25) is 4.79 Å². The molecule has 1 unspecified atom stereocenters. The first-order valence-corrected chi connectivity index (χ1v) is 9.75. The van der Waals surface area contributed by atoms with Crippen LogP contribution in [0.15, 0.2) is 84.9 Å². The van der Waals surface area contributed by atoms with Crippen molar-refractivity contribution in [3.8, 4) is 0 Å². The molecule has 0 saturated heterocycles. The SMILES string of the molecule is CN(CC1Cc2ccccc2CO1)C(=O)C(c1ccccc1)c1ccccc1. The van der Waals surface area contributed by atoms with E-state index in [2.05, 4.69) is 18.2 Å². The van der Waals surface area contributed by atoms with E-state index in [1.807, 2.05) is 78.7 Å². The Morgan fingerprint density at radius 2 is 1.43 bits per heavy atom. The molecule has 1 heterocycles. The third-order valence-electron chi connectivity index (χ3n) is 5.41. The zero-order valence-electron chi connectivity index (χ0n) is 16.1. The topological polar surface area (TPSA) is 29.5 Å². The minimum Gasteiger partial charge on any atom is -0.371 e. The van der Waals surface area contributed by atoms with Crippen LogP contribution in [-0.4, -0.2) is 30.5 Å². The first-order valence-electron chi connectivity index (χ1n) is 9.75. The van der Waals surface area contributed by atoms with Crippen LogP contribution in [0.4, 0.5) is 0 Å². The average molecular weight is 371 g/mol. The molecule has 142 valence electrons. The van der Waals surface area contributed by atoms with Crippen molar-refractivity contribution in [2.45, 2.75) is 25.0 Å². The molecular weight excluding hydrogens is 346 g/mol. The van der Waals surface area contributed by atoms with Crippen molar-refractivity contribution in [3.05, 3.63) is 107 Å². The van der Waals surface area contributed by atoms with Gasteiger partial charge >= 0.3 is 0 Å². The number of fused-ring (bicyclic) bond motifs is 1. The largest absolute Gasteiger partial charge is 0.371 e. The molecule has 0 fully saturated rings. The molecule has 0 saturated carbocycles. The number of likely N-dealkylation sites (N-methyl/N-ethyl adjacent to an activating group) is 1. The number of amides is 1. The molecule has 3 nitrogen and oxygen atoms in total. The highest BCUT2D eigenvalue weighted by atomic mass is 16.5. The van der Waals surface area contributed by atoms with Gasteiger partial charge < -0.3 is 9.64 Å². The van der Waals surface area contributed by atoms with E-state index in [4.69, 9.17) is 4.74 Å². The van der Waals surface area contributed by atoms with Crippen LogP contribution in [0.1, 0.15) is 28.2 Å². The van der Waals surface area contributed by atoms with Gasteiger partial charge in [-0.15, -0.1) is 0 Å². The molecule has 0 N–H and O–H groups in total. The lowest BCUT2D eigenvalue weighted by Crippen LogP contribution is -2.40. The summed E-state index contributed by atoms with van der Waals surface area (Å²) in [4.78, 5) is 15.3. The molecule has 28 heavy (non-hydrogen) atoms. The summed E-state index contributed by atoms with van der Waals surface area (Å²) >= 11 is 0. The maximum Gasteiger partial charge on any atom is 0.234 e. The van der Waals surface area contributed by atoms with Crippen LogP contribution in [0.3, 0.4) is 0 Å².